The molecule has 1 amide bonds. The Bertz CT molecular complexity index is 859. The molecule has 0 spiro atoms. The van der Waals surface area contributed by atoms with Crippen LogP contribution in [0.25, 0.3) is 0 Å². The summed E-state index contributed by atoms with van der Waals surface area (Å²) in [5.74, 6) is -0.568. The first-order valence-corrected chi connectivity index (χ1v) is 9.82. The van der Waals surface area contributed by atoms with Gasteiger partial charge in [0.15, 0.2) is 0 Å². The minimum absolute atomic E-state index is 0.0245. The van der Waals surface area contributed by atoms with Crippen LogP contribution in [0, 0.1) is 0 Å². The van der Waals surface area contributed by atoms with Crippen LogP contribution in [0.4, 0.5) is 0 Å². The smallest absolute Gasteiger partial charge is 0.264 e. The SMILES string of the molecule is CCc1ccc(S(=O)(=O)NC(=O)CC2OCCc3ccccc32)cc1. The lowest BCUT2D eigenvalue weighted by molar-refractivity contribution is -0.122. The largest absolute Gasteiger partial charge is 0.373 e. The molecule has 3 rings (SSSR count). The molecule has 0 fully saturated rings. The molecule has 1 aliphatic rings. The van der Waals surface area contributed by atoms with Crippen molar-refractivity contribution in [3.05, 3.63) is 65.2 Å². The molecule has 1 N–H and O–H groups in total. The van der Waals surface area contributed by atoms with Gasteiger partial charge in [-0.25, -0.2) is 13.1 Å². The molecule has 1 aliphatic heterocycles. The van der Waals surface area contributed by atoms with E-state index in [1.807, 2.05) is 31.2 Å². The van der Waals surface area contributed by atoms with Crippen molar-refractivity contribution in [1.82, 2.24) is 4.72 Å². The molecular weight excluding hydrogens is 338 g/mol. The molecule has 5 nitrogen and oxygen atoms in total. The summed E-state index contributed by atoms with van der Waals surface area (Å²) in [5.41, 5.74) is 3.13. The second-order valence-corrected chi connectivity index (χ2v) is 7.72. The third-order valence-corrected chi connectivity index (χ3v) is 5.74. The van der Waals surface area contributed by atoms with Crippen LogP contribution in [0.2, 0.25) is 0 Å². The first kappa shape index (κ1) is 17.6. The minimum atomic E-state index is -3.87. The fourth-order valence-corrected chi connectivity index (χ4v) is 3.96. The monoisotopic (exact) mass is 359 g/mol. The maximum absolute atomic E-state index is 12.4. The molecule has 2 aromatic carbocycles. The van der Waals surface area contributed by atoms with Crippen LogP contribution in [0.5, 0.6) is 0 Å². The molecule has 1 unspecified atom stereocenters. The Hall–Kier alpha value is -2.18. The number of carbonyl (C=O) groups excluding carboxylic acids is 1. The quantitative estimate of drug-likeness (QED) is 0.891. The molecule has 1 atom stereocenters. The lowest BCUT2D eigenvalue weighted by Crippen LogP contribution is -2.32. The number of hydrogen-bond acceptors (Lipinski definition) is 4. The molecule has 0 saturated carbocycles. The van der Waals surface area contributed by atoms with Crippen LogP contribution in [0.15, 0.2) is 53.4 Å². The number of sulfonamides is 1. The summed E-state index contributed by atoms with van der Waals surface area (Å²) in [7, 11) is -3.87. The lowest BCUT2D eigenvalue weighted by atomic mass is 9.96. The molecule has 2 aromatic rings. The Balaban J connectivity index is 1.70. The van der Waals surface area contributed by atoms with Gasteiger partial charge in [-0.2, -0.15) is 0 Å². The number of aryl methyl sites for hydroxylation is 1. The number of amides is 1. The predicted molar refractivity (Wildman–Crippen MR) is 94.6 cm³/mol. The molecule has 0 saturated heterocycles. The Kier molecular flexibility index (Phi) is 5.20. The number of rotatable bonds is 5. The van der Waals surface area contributed by atoms with E-state index < -0.39 is 22.0 Å². The Morgan fingerprint density at radius 3 is 2.60 bits per heavy atom. The van der Waals surface area contributed by atoms with E-state index in [1.165, 1.54) is 12.1 Å². The Morgan fingerprint density at radius 1 is 1.16 bits per heavy atom. The van der Waals surface area contributed by atoms with Gasteiger partial charge in [0.2, 0.25) is 5.91 Å². The van der Waals surface area contributed by atoms with Crippen LogP contribution in [-0.4, -0.2) is 20.9 Å². The summed E-state index contributed by atoms with van der Waals surface area (Å²) >= 11 is 0. The van der Waals surface area contributed by atoms with Crippen molar-refractivity contribution in [2.24, 2.45) is 0 Å². The van der Waals surface area contributed by atoms with Gasteiger partial charge in [-0.15, -0.1) is 0 Å². The van der Waals surface area contributed by atoms with E-state index in [0.717, 1.165) is 29.5 Å². The first-order chi connectivity index (χ1) is 12.0. The van der Waals surface area contributed by atoms with Crippen molar-refractivity contribution in [2.45, 2.75) is 37.2 Å². The number of hydrogen-bond donors (Lipinski definition) is 1. The molecule has 1 heterocycles. The van der Waals surface area contributed by atoms with Crippen molar-refractivity contribution in [1.29, 1.82) is 0 Å². The highest BCUT2D eigenvalue weighted by atomic mass is 32.2. The summed E-state index contributed by atoms with van der Waals surface area (Å²) in [4.78, 5) is 12.3. The van der Waals surface area contributed by atoms with Crippen molar-refractivity contribution >= 4 is 15.9 Å². The third kappa shape index (κ3) is 4.08. The molecule has 0 bridgehead atoms. The second kappa shape index (κ2) is 7.37. The zero-order valence-corrected chi connectivity index (χ0v) is 14.9. The Labute approximate surface area is 148 Å². The van der Waals surface area contributed by atoms with Gasteiger partial charge >= 0.3 is 0 Å². The molecule has 0 aliphatic carbocycles. The van der Waals surface area contributed by atoms with Crippen LogP contribution >= 0.6 is 0 Å². The van der Waals surface area contributed by atoms with Crippen molar-refractivity contribution in [2.75, 3.05) is 6.61 Å². The Morgan fingerprint density at radius 2 is 1.88 bits per heavy atom. The molecular formula is C19H21NO4S. The van der Waals surface area contributed by atoms with E-state index in [2.05, 4.69) is 4.72 Å². The normalized spacial score (nSPS) is 16.9. The van der Waals surface area contributed by atoms with E-state index in [0.29, 0.717) is 6.61 Å². The van der Waals surface area contributed by atoms with E-state index in [1.54, 1.807) is 12.1 Å². The molecule has 6 heteroatoms. The van der Waals surface area contributed by atoms with E-state index >= 15 is 0 Å². The highest BCUT2D eigenvalue weighted by Gasteiger charge is 2.25. The maximum atomic E-state index is 12.4. The topological polar surface area (TPSA) is 72.5 Å². The molecule has 25 heavy (non-hydrogen) atoms. The van der Waals surface area contributed by atoms with Crippen LogP contribution in [0.3, 0.4) is 0 Å². The van der Waals surface area contributed by atoms with E-state index in [9.17, 15) is 13.2 Å². The average Bonchev–Trinajstić information content (AvgIpc) is 2.61. The van der Waals surface area contributed by atoms with E-state index in [4.69, 9.17) is 4.74 Å². The number of fused-ring (bicyclic) bond motifs is 1. The fraction of sp³-hybridized carbons (Fsp3) is 0.316. The predicted octanol–water partition coefficient (Wildman–Crippen LogP) is 2.76. The fourth-order valence-electron chi connectivity index (χ4n) is 2.97. The van der Waals surface area contributed by atoms with Crippen LogP contribution < -0.4 is 4.72 Å². The number of nitrogens with one attached hydrogen (secondary N) is 1. The van der Waals surface area contributed by atoms with E-state index in [-0.39, 0.29) is 11.3 Å². The zero-order valence-electron chi connectivity index (χ0n) is 14.1. The summed E-state index contributed by atoms with van der Waals surface area (Å²) in [6.45, 7) is 2.52. The second-order valence-electron chi connectivity index (χ2n) is 6.04. The minimum Gasteiger partial charge on any atom is -0.373 e. The zero-order chi connectivity index (χ0) is 17.9. The summed E-state index contributed by atoms with van der Waals surface area (Å²) in [6, 6.07) is 14.3. The summed E-state index contributed by atoms with van der Waals surface area (Å²) in [5, 5.41) is 0. The summed E-state index contributed by atoms with van der Waals surface area (Å²) < 4.78 is 32.5. The highest BCUT2D eigenvalue weighted by Crippen LogP contribution is 2.29. The van der Waals surface area contributed by atoms with Gasteiger partial charge in [0, 0.05) is 0 Å². The first-order valence-electron chi connectivity index (χ1n) is 8.33. The molecule has 0 aromatic heterocycles. The number of carbonyl (C=O) groups is 1. The van der Waals surface area contributed by atoms with Gasteiger partial charge in [0.05, 0.1) is 24.0 Å². The summed E-state index contributed by atoms with van der Waals surface area (Å²) in [6.07, 6.45) is 1.19. The van der Waals surface area contributed by atoms with Crippen molar-refractivity contribution in [3.63, 3.8) is 0 Å². The highest BCUT2D eigenvalue weighted by molar-refractivity contribution is 7.90. The van der Waals surface area contributed by atoms with Gasteiger partial charge in [-0.05, 0) is 41.7 Å². The van der Waals surface area contributed by atoms with Crippen molar-refractivity contribution in [3.8, 4) is 0 Å². The lowest BCUT2D eigenvalue weighted by Gasteiger charge is -2.25. The molecule has 0 radical (unpaired) electrons. The van der Waals surface area contributed by atoms with Gasteiger partial charge < -0.3 is 4.74 Å². The standard InChI is InChI=1S/C19H21NO4S/c1-2-14-7-9-16(10-8-14)25(22,23)20-19(21)13-18-17-6-4-3-5-15(17)11-12-24-18/h3-10,18H,2,11-13H2,1H3,(H,20,21). The van der Waals surface area contributed by atoms with Gasteiger partial charge in [-0.3, -0.25) is 4.79 Å². The average molecular weight is 359 g/mol. The van der Waals surface area contributed by atoms with Gasteiger partial charge in [-0.1, -0.05) is 43.3 Å². The van der Waals surface area contributed by atoms with Crippen LogP contribution in [0.1, 0.15) is 36.1 Å². The van der Waals surface area contributed by atoms with Gasteiger partial charge in [0.1, 0.15) is 0 Å². The van der Waals surface area contributed by atoms with Crippen molar-refractivity contribution < 1.29 is 17.9 Å². The maximum Gasteiger partial charge on any atom is 0.264 e. The number of ether oxygens (including phenoxy) is 1. The third-order valence-electron chi connectivity index (χ3n) is 4.35. The van der Waals surface area contributed by atoms with Crippen LogP contribution in [-0.2, 0) is 32.4 Å². The molecule has 132 valence electrons. The van der Waals surface area contributed by atoms with Gasteiger partial charge in [0.25, 0.3) is 10.0 Å². The number of benzene rings is 2.